The van der Waals surface area contributed by atoms with E-state index >= 15 is 0 Å². The Labute approximate surface area is 90.5 Å². The van der Waals surface area contributed by atoms with E-state index in [0.717, 1.165) is 5.92 Å². The molecule has 1 aliphatic rings. The van der Waals surface area contributed by atoms with Crippen molar-refractivity contribution in [3.63, 3.8) is 0 Å². The first kappa shape index (κ1) is 12.1. The lowest BCUT2D eigenvalue weighted by molar-refractivity contribution is 0.0489. The second kappa shape index (κ2) is 4.24. The molecule has 14 heavy (non-hydrogen) atoms. The first-order valence-corrected chi connectivity index (χ1v) is 6.48. The summed E-state index contributed by atoms with van der Waals surface area (Å²) in [7, 11) is 0. The maximum atomic E-state index is 2.49. The first-order valence-electron chi connectivity index (χ1n) is 6.48. The molecule has 0 radical (unpaired) electrons. The van der Waals surface area contributed by atoms with E-state index in [1.54, 1.807) is 0 Å². The minimum Gasteiger partial charge on any atom is -0.0649 e. The molecule has 0 unspecified atom stereocenters. The van der Waals surface area contributed by atoms with Gasteiger partial charge in [-0.15, -0.1) is 0 Å². The Bertz CT molecular complexity index is 158. The predicted molar refractivity (Wildman–Crippen MR) is 64.4 cm³/mol. The molecule has 0 heterocycles. The quantitative estimate of drug-likeness (QED) is 0.594. The molecule has 0 aromatic heterocycles. The molecule has 0 nitrogen and oxygen atoms in total. The number of rotatable bonds is 3. The summed E-state index contributed by atoms with van der Waals surface area (Å²) in [6.07, 6.45) is 8.61. The van der Waals surface area contributed by atoms with E-state index < -0.39 is 0 Å². The van der Waals surface area contributed by atoms with Crippen LogP contribution in [0.2, 0.25) is 0 Å². The van der Waals surface area contributed by atoms with Gasteiger partial charge in [0.05, 0.1) is 0 Å². The van der Waals surface area contributed by atoms with Gasteiger partial charge >= 0.3 is 0 Å². The van der Waals surface area contributed by atoms with Gasteiger partial charge < -0.3 is 0 Å². The lowest BCUT2D eigenvalue weighted by atomic mass is 9.59. The fourth-order valence-corrected chi connectivity index (χ4v) is 2.89. The van der Waals surface area contributed by atoms with Crippen molar-refractivity contribution in [2.45, 2.75) is 73.1 Å². The maximum Gasteiger partial charge on any atom is -0.0302 e. The third-order valence-corrected chi connectivity index (χ3v) is 5.35. The van der Waals surface area contributed by atoms with Crippen LogP contribution in [0.15, 0.2) is 0 Å². The molecule has 0 spiro atoms. The van der Waals surface area contributed by atoms with E-state index in [0.29, 0.717) is 10.8 Å². The summed E-state index contributed by atoms with van der Waals surface area (Å²) < 4.78 is 0. The average molecular weight is 196 g/mol. The van der Waals surface area contributed by atoms with Crippen LogP contribution in [0, 0.1) is 16.7 Å². The van der Waals surface area contributed by atoms with Crippen LogP contribution in [-0.4, -0.2) is 0 Å². The largest absolute Gasteiger partial charge is 0.0649 e. The van der Waals surface area contributed by atoms with E-state index in [-0.39, 0.29) is 0 Å². The molecule has 0 bridgehead atoms. The summed E-state index contributed by atoms with van der Waals surface area (Å²) in [6.45, 7) is 12.0. The molecule has 0 amide bonds. The molecule has 0 aliphatic heterocycles. The molecule has 1 rings (SSSR count). The van der Waals surface area contributed by atoms with Crippen molar-refractivity contribution in [3.8, 4) is 0 Å². The van der Waals surface area contributed by atoms with Gasteiger partial charge in [-0.1, -0.05) is 47.5 Å². The van der Waals surface area contributed by atoms with Gasteiger partial charge in [-0.3, -0.25) is 0 Å². The molecule has 1 aliphatic carbocycles. The predicted octanol–water partition coefficient (Wildman–Crippen LogP) is 5.03. The zero-order chi connectivity index (χ0) is 10.8. The number of hydrogen-bond donors (Lipinski definition) is 0. The van der Waals surface area contributed by atoms with Gasteiger partial charge in [0.2, 0.25) is 0 Å². The highest BCUT2D eigenvalue weighted by atomic mass is 14.4. The summed E-state index contributed by atoms with van der Waals surface area (Å²) in [5.74, 6) is 0.856. The lowest BCUT2D eigenvalue weighted by Gasteiger charge is -2.46. The molecule has 0 aromatic carbocycles. The molecule has 0 heteroatoms. The summed E-state index contributed by atoms with van der Waals surface area (Å²) >= 11 is 0. The Morgan fingerprint density at radius 1 is 0.929 bits per heavy atom. The highest BCUT2D eigenvalue weighted by Gasteiger charge is 2.39. The molecule has 0 atom stereocenters. The highest BCUT2D eigenvalue weighted by molar-refractivity contribution is 4.90. The zero-order valence-corrected chi connectivity index (χ0v) is 10.8. The second-order valence-electron chi connectivity index (χ2n) is 6.02. The molecule has 84 valence electrons. The van der Waals surface area contributed by atoms with Crippen LogP contribution in [0.25, 0.3) is 0 Å². The van der Waals surface area contributed by atoms with E-state index in [1.165, 1.54) is 38.5 Å². The fourth-order valence-electron chi connectivity index (χ4n) is 2.89. The van der Waals surface area contributed by atoms with Crippen LogP contribution in [0.4, 0.5) is 0 Å². The van der Waals surface area contributed by atoms with E-state index in [2.05, 4.69) is 34.6 Å². The topological polar surface area (TPSA) is 0 Å². The summed E-state index contributed by atoms with van der Waals surface area (Å²) in [5.41, 5.74) is 1.34. The van der Waals surface area contributed by atoms with Crippen LogP contribution in [0.3, 0.4) is 0 Å². The SMILES string of the molecule is CCC1(CC)CCC(C)(C(C)C)CC1. The van der Waals surface area contributed by atoms with Crippen molar-refractivity contribution >= 4 is 0 Å². The lowest BCUT2D eigenvalue weighted by Crippen LogP contribution is -2.35. The van der Waals surface area contributed by atoms with Gasteiger partial charge in [0.15, 0.2) is 0 Å². The van der Waals surface area contributed by atoms with Crippen LogP contribution in [0.5, 0.6) is 0 Å². The third kappa shape index (κ3) is 2.15. The monoisotopic (exact) mass is 196 g/mol. The Morgan fingerprint density at radius 3 is 1.64 bits per heavy atom. The smallest absolute Gasteiger partial charge is 0.0302 e. The van der Waals surface area contributed by atoms with Crippen molar-refractivity contribution in [1.82, 2.24) is 0 Å². The Kier molecular flexibility index (Phi) is 3.66. The number of hydrogen-bond acceptors (Lipinski definition) is 0. The normalized spacial score (nSPS) is 25.3. The van der Waals surface area contributed by atoms with Crippen molar-refractivity contribution in [2.24, 2.45) is 16.7 Å². The summed E-state index contributed by atoms with van der Waals surface area (Å²) in [5, 5.41) is 0. The first-order chi connectivity index (χ1) is 6.48. The average Bonchev–Trinajstić information content (AvgIpc) is 2.20. The fraction of sp³-hybridized carbons (Fsp3) is 1.00. The second-order valence-corrected chi connectivity index (χ2v) is 6.02. The van der Waals surface area contributed by atoms with E-state index in [9.17, 15) is 0 Å². The Morgan fingerprint density at radius 2 is 1.36 bits per heavy atom. The maximum absolute atomic E-state index is 2.49. The van der Waals surface area contributed by atoms with E-state index in [4.69, 9.17) is 0 Å². The van der Waals surface area contributed by atoms with Crippen LogP contribution < -0.4 is 0 Å². The van der Waals surface area contributed by atoms with Gasteiger partial charge in [0, 0.05) is 0 Å². The van der Waals surface area contributed by atoms with Gasteiger partial charge in [-0.2, -0.15) is 0 Å². The molecule has 0 aromatic rings. The molecule has 0 saturated heterocycles. The van der Waals surface area contributed by atoms with Crippen molar-refractivity contribution in [3.05, 3.63) is 0 Å². The zero-order valence-electron chi connectivity index (χ0n) is 10.8. The summed E-state index contributed by atoms with van der Waals surface area (Å²) in [6, 6.07) is 0. The van der Waals surface area contributed by atoms with Crippen LogP contribution in [0.1, 0.15) is 73.1 Å². The minimum absolute atomic E-state index is 0.633. The molecule has 1 fully saturated rings. The van der Waals surface area contributed by atoms with Gasteiger partial charge in [-0.05, 0) is 42.4 Å². The van der Waals surface area contributed by atoms with E-state index in [1.807, 2.05) is 0 Å². The minimum atomic E-state index is 0.633. The van der Waals surface area contributed by atoms with Gasteiger partial charge in [0.1, 0.15) is 0 Å². The molecule has 1 saturated carbocycles. The third-order valence-electron chi connectivity index (χ3n) is 5.35. The van der Waals surface area contributed by atoms with Crippen molar-refractivity contribution in [1.29, 1.82) is 0 Å². The highest BCUT2D eigenvalue weighted by Crippen LogP contribution is 2.51. The van der Waals surface area contributed by atoms with Crippen LogP contribution >= 0.6 is 0 Å². The Balaban J connectivity index is 2.60. The molecular formula is C14H28. The van der Waals surface area contributed by atoms with Crippen molar-refractivity contribution in [2.75, 3.05) is 0 Å². The summed E-state index contributed by atoms with van der Waals surface area (Å²) in [4.78, 5) is 0. The van der Waals surface area contributed by atoms with Gasteiger partial charge in [0.25, 0.3) is 0 Å². The Hall–Kier alpha value is 0. The molecular weight excluding hydrogens is 168 g/mol. The molecule has 0 N–H and O–H groups in total. The van der Waals surface area contributed by atoms with Gasteiger partial charge in [-0.25, -0.2) is 0 Å². The standard InChI is InChI=1S/C14H28/c1-6-14(7-2)10-8-13(5,9-11-14)12(3)4/h12H,6-11H2,1-5H3. The van der Waals surface area contributed by atoms with Crippen molar-refractivity contribution < 1.29 is 0 Å². The van der Waals surface area contributed by atoms with Crippen LogP contribution in [-0.2, 0) is 0 Å².